The smallest absolute Gasteiger partial charge is 0.226 e. The molecular formula is C21H26N2O3. The fraction of sp³-hybridized carbons (Fsp3) is 0.333. The van der Waals surface area contributed by atoms with Crippen molar-refractivity contribution in [3.63, 3.8) is 0 Å². The van der Waals surface area contributed by atoms with E-state index in [0.29, 0.717) is 13.1 Å². The number of anilines is 1. The van der Waals surface area contributed by atoms with Crippen molar-refractivity contribution in [2.45, 2.75) is 26.7 Å². The number of hydrogen-bond donors (Lipinski definition) is 1. The van der Waals surface area contributed by atoms with Gasteiger partial charge in [0.1, 0.15) is 5.75 Å². The fourth-order valence-electron chi connectivity index (χ4n) is 2.58. The lowest BCUT2D eigenvalue weighted by Crippen LogP contribution is -2.33. The lowest BCUT2D eigenvalue weighted by molar-refractivity contribution is -0.129. The quantitative estimate of drug-likeness (QED) is 0.790. The summed E-state index contributed by atoms with van der Waals surface area (Å²) in [5.41, 5.74) is 3.04. The maximum atomic E-state index is 12.1. The standard InChI is InChI=1S/C21H26N2O3/c1-16-4-8-19(9-5-16)22-21(25)13-15-23(17(2)24)14-12-18-6-10-20(26-3)11-7-18/h4-11H,12-15H2,1-3H3,(H,22,25). The average Bonchev–Trinajstić information content (AvgIpc) is 2.63. The van der Waals surface area contributed by atoms with E-state index in [0.717, 1.165) is 29.0 Å². The molecule has 2 aromatic rings. The summed E-state index contributed by atoms with van der Waals surface area (Å²) < 4.78 is 5.14. The minimum Gasteiger partial charge on any atom is -0.497 e. The molecule has 26 heavy (non-hydrogen) atoms. The first-order valence-corrected chi connectivity index (χ1v) is 8.73. The number of amides is 2. The van der Waals surface area contributed by atoms with E-state index < -0.39 is 0 Å². The summed E-state index contributed by atoms with van der Waals surface area (Å²) in [4.78, 5) is 25.7. The Kier molecular flexibility index (Phi) is 7.21. The van der Waals surface area contributed by atoms with Crippen molar-refractivity contribution in [2.24, 2.45) is 0 Å². The van der Waals surface area contributed by atoms with Crippen LogP contribution in [0, 0.1) is 6.92 Å². The number of aryl methyl sites for hydroxylation is 1. The minimum atomic E-state index is -0.0930. The van der Waals surface area contributed by atoms with Crippen LogP contribution >= 0.6 is 0 Å². The Hall–Kier alpha value is -2.82. The maximum absolute atomic E-state index is 12.1. The molecule has 0 aliphatic heterocycles. The molecular weight excluding hydrogens is 328 g/mol. The summed E-state index contributed by atoms with van der Waals surface area (Å²) >= 11 is 0. The minimum absolute atomic E-state index is 0.0263. The molecule has 2 aromatic carbocycles. The van der Waals surface area contributed by atoms with Crippen molar-refractivity contribution >= 4 is 17.5 Å². The maximum Gasteiger partial charge on any atom is 0.226 e. The average molecular weight is 354 g/mol. The number of carbonyl (C=O) groups excluding carboxylic acids is 2. The van der Waals surface area contributed by atoms with Crippen LogP contribution in [-0.2, 0) is 16.0 Å². The third-order valence-electron chi connectivity index (χ3n) is 4.22. The molecule has 138 valence electrons. The molecule has 0 radical (unpaired) electrons. The summed E-state index contributed by atoms with van der Waals surface area (Å²) in [6, 6.07) is 15.4. The van der Waals surface area contributed by atoms with Crippen molar-refractivity contribution in [1.82, 2.24) is 4.90 Å². The van der Waals surface area contributed by atoms with Crippen molar-refractivity contribution in [2.75, 3.05) is 25.5 Å². The highest BCUT2D eigenvalue weighted by atomic mass is 16.5. The number of rotatable bonds is 8. The van der Waals surface area contributed by atoms with Crippen LogP contribution in [0.1, 0.15) is 24.5 Å². The molecule has 5 heteroatoms. The second-order valence-corrected chi connectivity index (χ2v) is 6.27. The number of carbonyl (C=O) groups is 2. The van der Waals surface area contributed by atoms with E-state index in [1.165, 1.54) is 6.92 Å². The zero-order valence-corrected chi connectivity index (χ0v) is 15.6. The van der Waals surface area contributed by atoms with E-state index in [2.05, 4.69) is 5.32 Å². The topological polar surface area (TPSA) is 58.6 Å². The lowest BCUT2D eigenvalue weighted by Gasteiger charge is -2.21. The normalized spacial score (nSPS) is 10.3. The van der Waals surface area contributed by atoms with Crippen LogP contribution in [0.2, 0.25) is 0 Å². The fourth-order valence-corrected chi connectivity index (χ4v) is 2.58. The summed E-state index contributed by atoms with van der Waals surface area (Å²) in [6.45, 7) is 4.52. The Morgan fingerprint density at radius 2 is 1.65 bits per heavy atom. The van der Waals surface area contributed by atoms with E-state index in [1.807, 2.05) is 55.5 Å². The van der Waals surface area contributed by atoms with E-state index in [1.54, 1.807) is 12.0 Å². The SMILES string of the molecule is COc1ccc(CCN(CCC(=O)Nc2ccc(C)cc2)C(C)=O)cc1. The molecule has 0 unspecified atom stereocenters. The van der Waals surface area contributed by atoms with Gasteiger partial charge in [-0.25, -0.2) is 0 Å². The van der Waals surface area contributed by atoms with Crippen LogP contribution < -0.4 is 10.1 Å². The molecule has 0 saturated heterocycles. The molecule has 0 aliphatic rings. The molecule has 0 aliphatic carbocycles. The van der Waals surface area contributed by atoms with Gasteiger partial charge in [-0.1, -0.05) is 29.8 Å². The first-order chi connectivity index (χ1) is 12.5. The first kappa shape index (κ1) is 19.5. The second kappa shape index (κ2) is 9.61. The summed E-state index contributed by atoms with van der Waals surface area (Å²) in [5, 5.41) is 2.86. The zero-order valence-electron chi connectivity index (χ0n) is 15.6. The van der Waals surface area contributed by atoms with Crippen LogP contribution in [0.25, 0.3) is 0 Å². The Balaban J connectivity index is 1.82. The third kappa shape index (κ3) is 6.24. The first-order valence-electron chi connectivity index (χ1n) is 8.73. The van der Waals surface area contributed by atoms with Gasteiger partial charge in [0.25, 0.3) is 0 Å². The van der Waals surface area contributed by atoms with Gasteiger partial charge < -0.3 is 15.0 Å². The van der Waals surface area contributed by atoms with Crippen molar-refractivity contribution in [3.05, 3.63) is 59.7 Å². The number of benzene rings is 2. The molecule has 1 N–H and O–H groups in total. The van der Waals surface area contributed by atoms with Gasteiger partial charge in [-0.15, -0.1) is 0 Å². The zero-order chi connectivity index (χ0) is 18.9. The third-order valence-corrected chi connectivity index (χ3v) is 4.22. The monoisotopic (exact) mass is 354 g/mol. The summed E-state index contributed by atoms with van der Waals surface area (Å²) in [6.07, 6.45) is 1.01. The molecule has 0 saturated carbocycles. The Labute approximate surface area is 155 Å². The number of nitrogens with one attached hydrogen (secondary N) is 1. The van der Waals surface area contributed by atoms with Gasteiger partial charge in [-0.05, 0) is 43.2 Å². The van der Waals surface area contributed by atoms with Crippen LogP contribution in [0.3, 0.4) is 0 Å². The molecule has 0 spiro atoms. The van der Waals surface area contributed by atoms with Crippen molar-refractivity contribution < 1.29 is 14.3 Å². The summed E-state index contributed by atoms with van der Waals surface area (Å²) in [5.74, 6) is 0.691. The highest BCUT2D eigenvalue weighted by Gasteiger charge is 2.11. The van der Waals surface area contributed by atoms with Crippen LogP contribution in [-0.4, -0.2) is 36.9 Å². The highest BCUT2D eigenvalue weighted by Crippen LogP contribution is 2.12. The molecule has 0 bridgehead atoms. The van der Waals surface area contributed by atoms with Gasteiger partial charge in [0.05, 0.1) is 7.11 Å². The van der Waals surface area contributed by atoms with Crippen LogP contribution in [0.5, 0.6) is 5.75 Å². The van der Waals surface area contributed by atoms with Gasteiger partial charge in [-0.3, -0.25) is 9.59 Å². The predicted molar refractivity (Wildman–Crippen MR) is 103 cm³/mol. The second-order valence-electron chi connectivity index (χ2n) is 6.27. The van der Waals surface area contributed by atoms with E-state index in [4.69, 9.17) is 4.74 Å². The van der Waals surface area contributed by atoms with Gasteiger partial charge >= 0.3 is 0 Å². The predicted octanol–water partition coefficient (Wildman–Crippen LogP) is 3.42. The largest absolute Gasteiger partial charge is 0.497 e. The molecule has 2 amide bonds. The highest BCUT2D eigenvalue weighted by molar-refractivity contribution is 5.91. The lowest BCUT2D eigenvalue weighted by atomic mass is 10.1. The number of hydrogen-bond acceptors (Lipinski definition) is 3. The van der Waals surface area contributed by atoms with Gasteiger partial charge in [-0.2, -0.15) is 0 Å². The van der Waals surface area contributed by atoms with Crippen molar-refractivity contribution in [1.29, 1.82) is 0 Å². The van der Waals surface area contributed by atoms with Crippen molar-refractivity contribution in [3.8, 4) is 5.75 Å². The molecule has 5 nitrogen and oxygen atoms in total. The molecule has 0 fully saturated rings. The number of ether oxygens (including phenoxy) is 1. The van der Waals surface area contributed by atoms with E-state index in [-0.39, 0.29) is 18.2 Å². The van der Waals surface area contributed by atoms with Gasteiger partial charge in [0, 0.05) is 32.1 Å². The Morgan fingerprint density at radius 3 is 2.23 bits per heavy atom. The molecule has 0 atom stereocenters. The number of methoxy groups -OCH3 is 1. The number of nitrogens with zero attached hydrogens (tertiary/aromatic N) is 1. The molecule has 0 heterocycles. The van der Waals surface area contributed by atoms with E-state index in [9.17, 15) is 9.59 Å². The van der Waals surface area contributed by atoms with E-state index >= 15 is 0 Å². The van der Waals surface area contributed by atoms with Crippen LogP contribution in [0.4, 0.5) is 5.69 Å². The Morgan fingerprint density at radius 1 is 1.00 bits per heavy atom. The van der Waals surface area contributed by atoms with Gasteiger partial charge in [0.15, 0.2) is 0 Å². The Bertz CT molecular complexity index is 724. The van der Waals surface area contributed by atoms with Crippen LogP contribution in [0.15, 0.2) is 48.5 Å². The molecule has 0 aromatic heterocycles. The van der Waals surface area contributed by atoms with Gasteiger partial charge in [0.2, 0.25) is 11.8 Å². The molecule has 2 rings (SSSR count). The summed E-state index contributed by atoms with van der Waals surface area (Å²) in [7, 11) is 1.63.